The minimum Gasteiger partial charge on any atom is -0.376 e. The number of para-hydroxylation sites is 1. The van der Waals surface area contributed by atoms with E-state index in [2.05, 4.69) is 51.7 Å². The molecule has 1 aliphatic rings. The number of ether oxygens (including phenoxy) is 1. The maximum Gasteiger partial charge on any atom is 0.0818 e. The Kier molecular flexibility index (Phi) is 3.89. The van der Waals surface area contributed by atoms with Gasteiger partial charge < -0.3 is 15.0 Å². The molecule has 3 aromatic rings. The molecule has 3 heterocycles. The Morgan fingerprint density at radius 2 is 2.30 bits per heavy atom. The molecule has 0 aliphatic carbocycles. The van der Waals surface area contributed by atoms with Crippen LogP contribution in [0, 0.1) is 0 Å². The second-order valence-corrected chi connectivity index (χ2v) is 6.06. The van der Waals surface area contributed by atoms with Crippen LogP contribution in [-0.2, 0) is 24.3 Å². The van der Waals surface area contributed by atoms with Crippen LogP contribution in [0.4, 0.5) is 0 Å². The van der Waals surface area contributed by atoms with Gasteiger partial charge in [-0.25, -0.2) is 0 Å². The molecule has 5 nitrogen and oxygen atoms in total. The van der Waals surface area contributed by atoms with Gasteiger partial charge in [0.2, 0.25) is 0 Å². The summed E-state index contributed by atoms with van der Waals surface area (Å²) in [5.41, 5.74) is 6.08. The van der Waals surface area contributed by atoms with Gasteiger partial charge in [-0.2, -0.15) is 5.10 Å². The highest BCUT2D eigenvalue weighted by Crippen LogP contribution is 2.26. The zero-order chi connectivity index (χ0) is 15.6. The van der Waals surface area contributed by atoms with Gasteiger partial charge in [0.15, 0.2) is 0 Å². The summed E-state index contributed by atoms with van der Waals surface area (Å²) in [6.07, 6.45) is 3.96. The Morgan fingerprint density at radius 1 is 1.35 bits per heavy atom. The predicted octanol–water partition coefficient (Wildman–Crippen LogP) is 3.20. The van der Waals surface area contributed by atoms with Crippen molar-refractivity contribution in [1.29, 1.82) is 0 Å². The largest absolute Gasteiger partial charge is 0.376 e. The summed E-state index contributed by atoms with van der Waals surface area (Å²) in [5.74, 6) is 0. The molecule has 1 aromatic carbocycles. The van der Waals surface area contributed by atoms with Gasteiger partial charge in [-0.1, -0.05) is 25.1 Å². The Morgan fingerprint density at radius 3 is 3.22 bits per heavy atom. The van der Waals surface area contributed by atoms with Crippen molar-refractivity contribution in [2.24, 2.45) is 0 Å². The highest BCUT2D eigenvalue weighted by atomic mass is 16.5. The fourth-order valence-electron chi connectivity index (χ4n) is 3.41. The summed E-state index contributed by atoms with van der Waals surface area (Å²) in [6, 6.07) is 8.88. The van der Waals surface area contributed by atoms with Gasteiger partial charge in [0.25, 0.3) is 0 Å². The molecular weight excluding hydrogens is 288 g/mol. The Labute approximate surface area is 135 Å². The number of hydrogen-bond donors (Lipinski definition) is 3. The maximum absolute atomic E-state index is 5.57. The van der Waals surface area contributed by atoms with Gasteiger partial charge in [-0.3, -0.25) is 5.10 Å². The van der Waals surface area contributed by atoms with E-state index in [1.54, 1.807) is 0 Å². The molecule has 1 atom stereocenters. The lowest BCUT2D eigenvalue weighted by Gasteiger charge is -2.19. The van der Waals surface area contributed by atoms with Crippen LogP contribution in [0.5, 0.6) is 0 Å². The predicted molar refractivity (Wildman–Crippen MR) is 90.1 cm³/mol. The Balaban J connectivity index is 1.55. The van der Waals surface area contributed by atoms with Gasteiger partial charge >= 0.3 is 0 Å². The van der Waals surface area contributed by atoms with Gasteiger partial charge in [0, 0.05) is 36.5 Å². The van der Waals surface area contributed by atoms with E-state index >= 15 is 0 Å². The molecule has 0 saturated carbocycles. The molecule has 5 heteroatoms. The van der Waals surface area contributed by atoms with Gasteiger partial charge in [-0.05, 0) is 23.4 Å². The first kappa shape index (κ1) is 14.5. The number of nitrogens with one attached hydrogen (secondary N) is 3. The van der Waals surface area contributed by atoms with Crippen LogP contribution in [0.1, 0.15) is 41.9 Å². The lowest BCUT2D eigenvalue weighted by atomic mass is 10.0. The topological polar surface area (TPSA) is 65.7 Å². The van der Waals surface area contributed by atoms with Crippen molar-refractivity contribution in [1.82, 2.24) is 20.5 Å². The summed E-state index contributed by atoms with van der Waals surface area (Å²) in [6.45, 7) is 4.42. The summed E-state index contributed by atoms with van der Waals surface area (Å²) in [7, 11) is 0. The average molecular weight is 310 g/mol. The van der Waals surface area contributed by atoms with E-state index in [0.29, 0.717) is 12.6 Å². The normalized spacial score (nSPS) is 15.7. The third-order valence-corrected chi connectivity index (χ3v) is 4.70. The van der Waals surface area contributed by atoms with E-state index < -0.39 is 0 Å². The van der Waals surface area contributed by atoms with Crippen LogP contribution in [0.2, 0.25) is 0 Å². The van der Waals surface area contributed by atoms with Crippen molar-refractivity contribution in [2.75, 3.05) is 6.61 Å². The molecule has 1 unspecified atom stereocenters. The number of aromatic nitrogens is 3. The van der Waals surface area contributed by atoms with Crippen molar-refractivity contribution in [3.05, 3.63) is 53.0 Å². The standard InChI is InChI=1S/C18H22N4O/c1-2-15(13-5-3-4-12-6-8-19-18(12)13)20-10-17-14-11-23-9-7-16(14)21-22-17/h3-6,8,15,19-20H,2,7,9-11H2,1H3,(H,21,22). The highest BCUT2D eigenvalue weighted by Gasteiger charge is 2.19. The minimum absolute atomic E-state index is 0.300. The highest BCUT2D eigenvalue weighted by molar-refractivity contribution is 5.82. The molecule has 0 saturated heterocycles. The number of nitrogens with zero attached hydrogens (tertiary/aromatic N) is 1. The number of benzene rings is 1. The fourth-order valence-corrected chi connectivity index (χ4v) is 3.41. The second kappa shape index (κ2) is 6.18. The van der Waals surface area contributed by atoms with Gasteiger partial charge in [0.05, 0.1) is 24.4 Å². The van der Waals surface area contributed by atoms with Crippen LogP contribution in [0.15, 0.2) is 30.5 Å². The quantitative estimate of drug-likeness (QED) is 0.678. The van der Waals surface area contributed by atoms with Crippen LogP contribution >= 0.6 is 0 Å². The van der Waals surface area contributed by atoms with Crippen molar-refractivity contribution < 1.29 is 4.74 Å². The molecule has 23 heavy (non-hydrogen) atoms. The molecule has 1 aliphatic heterocycles. The first-order valence-electron chi connectivity index (χ1n) is 8.29. The van der Waals surface area contributed by atoms with Gasteiger partial charge in [0.1, 0.15) is 0 Å². The van der Waals surface area contributed by atoms with Crippen molar-refractivity contribution in [3.63, 3.8) is 0 Å². The SMILES string of the molecule is CCC(NCc1n[nH]c2c1COCC2)c1cccc2cc[nH]c12. The summed E-state index contributed by atoms with van der Waals surface area (Å²) in [4.78, 5) is 3.36. The summed E-state index contributed by atoms with van der Waals surface area (Å²) >= 11 is 0. The molecule has 3 N–H and O–H groups in total. The van der Waals surface area contributed by atoms with Crippen molar-refractivity contribution in [2.45, 2.75) is 39.0 Å². The first-order valence-corrected chi connectivity index (χ1v) is 8.29. The van der Waals surface area contributed by atoms with E-state index in [4.69, 9.17) is 4.74 Å². The molecule has 120 valence electrons. The number of aromatic amines is 2. The monoisotopic (exact) mass is 310 g/mol. The number of rotatable bonds is 5. The summed E-state index contributed by atoms with van der Waals surface area (Å²) < 4.78 is 5.57. The maximum atomic E-state index is 5.57. The smallest absolute Gasteiger partial charge is 0.0818 e. The van der Waals surface area contributed by atoms with E-state index in [-0.39, 0.29) is 0 Å². The minimum atomic E-state index is 0.300. The number of hydrogen-bond acceptors (Lipinski definition) is 3. The lowest BCUT2D eigenvalue weighted by Crippen LogP contribution is -2.22. The van der Waals surface area contributed by atoms with Crippen molar-refractivity contribution in [3.8, 4) is 0 Å². The van der Waals surface area contributed by atoms with Crippen LogP contribution in [0.25, 0.3) is 10.9 Å². The third-order valence-electron chi connectivity index (χ3n) is 4.70. The summed E-state index contributed by atoms with van der Waals surface area (Å²) in [5, 5.41) is 12.6. The van der Waals surface area contributed by atoms with E-state index in [1.807, 2.05) is 6.20 Å². The molecule has 0 spiro atoms. The first-order chi connectivity index (χ1) is 11.4. The van der Waals surface area contributed by atoms with E-state index in [1.165, 1.54) is 27.7 Å². The molecule has 0 radical (unpaired) electrons. The molecule has 0 fully saturated rings. The van der Waals surface area contributed by atoms with Gasteiger partial charge in [-0.15, -0.1) is 0 Å². The Bertz CT molecular complexity index is 804. The van der Waals surface area contributed by atoms with E-state index in [9.17, 15) is 0 Å². The zero-order valence-corrected chi connectivity index (χ0v) is 13.4. The van der Waals surface area contributed by atoms with Crippen molar-refractivity contribution >= 4 is 10.9 Å². The van der Waals surface area contributed by atoms with Crippen LogP contribution < -0.4 is 5.32 Å². The molecule has 2 aromatic heterocycles. The molecule has 0 amide bonds. The molecular formula is C18H22N4O. The lowest BCUT2D eigenvalue weighted by molar-refractivity contribution is 0.109. The average Bonchev–Trinajstić information content (AvgIpc) is 3.22. The number of fused-ring (bicyclic) bond motifs is 2. The third kappa shape index (κ3) is 2.66. The molecule has 4 rings (SSSR count). The Hall–Kier alpha value is -2.11. The zero-order valence-electron chi connectivity index (χ0n) is 13.4. The second-order valence-electron chi connectivity index (χ2n) is 6.06. The van der Waals surface area contributed by atoms with Crippen LogP contribution in [0.3, 0.4) is 0 Å². The fraction of sp³-hybridized carbons (Fsp3) is 0.389. The van der Waals surface area contributed by atoms with Crippen LogP contribution in [-0.4, -0.2) is 21.8 Å². The molecule has 0 bridgehead atoms. The van der Waals surface area contributed by atoms with E-state index in [0.717, 1.165) is 31.7 Å². The number of H-pyrrole nitrogens is 2.